The lowest BCUT2D eigenvalue weighted by Gasteiger charge is -2.24. The van der Waals surface area contributed by atoms with Crippen molar-refractivity contribution in [1.82, 2.24) is 9.97 Å². The average molecular weight is 239 g/mol. The van der Waals surface area contributed by atoms with Gasteiger partial charge in [-0.15, -0.1) is 0 Å². The molecule has 0 amide bonds. The zero-order valence-electron chi connectivity index (χ0n) is 10.6. The van der Waals surface area contributed by atoms with Gasteiger partial charge in [-0.1, -0.05) is 6.92 Å². The van der Waals surface area contributed by atoms with Crippen LogP contribution in [-0.4, -0.2) is 33.8 Å². The summed E-state index contributed by atoms with van der Waals surface area (Å²) in [4.78, 5) is 8.16. The molecule has 0 spiro atoms. The summed E-state index contributed by atoms with van der Waals surface area (Å²) >= 11 is 0. The Labute approximate surface area is 102 Å². The average Bonchev–Trinajstić information content (AvgIpc) is 2.25. The first kappa shape index (κ1) is 13.5. The van der Waals surface area contributed by atoms with Gasteiger partial charge < -0.3 is 21.5 Å². The zero-order chi connectivity index (χ0) is 12.9. The van der Waals surface area contributed by atoms with Crippen LogP contribution in [0.2, 0.25) is 0 Å². The maximum Gasteiger partial charge on any atom is 0.223 e. The molecule has 0 saturated heterocycles. The van der Waals surface area contributed by atoms with Gasteiger partial charge in [0.25, 0.3) is 0 Å². The molecule has 0 aliphatic heterocycles. The summed E-state index contributed by atoms with van der Waals surface area (Å²) in [5.41, 5.74) is 5.19. The molecule has 0 saturated carbocycles. The van der Waals surface area contributed by atoms with Crippen molar-refractivity contribution < 1.29 is 5.11 Å². The Bertz CT molecular complexity index is 367. The van der Waals surface area contributed by atoms with E-state index in [0.29, 0.717) is 11.6 Å². The van der Waals surface area contributed by atoms with Gasteiger partial charge in [0.15, 0.2) is 0 Å². The van der Waals surface area contributed by atoms with Crippen molar-refractivity contribution in [3.8, 4) is 0 Å². The maximum absolute atomic E-state index is 9.18. The zero-order valence-corrected chi connectivity index (χ0v) is 10.6. The molecule has 0 atom stereocenters. The molecule has 6 heteroatoms. The lowest BCUT2D eigenvalue weighted by molar-refractivity contribution is 0.234. The predicted octanol–water partition coefficient (Wildman–Crippen LogP) is 1.06. The first-order valence-electron chi connectivity index (χ1n) is 5.74. The Morgan fingerprint density at radius 1 is 1.35 bits per heavy atom. The molecule has 1 rings (SSSR count). The molecule has 1 aromatic heterocycles. The first-order valence-corrected chi connectivity index (χ1v) is 5.74. The van der Waals surface area contributed by atoms with Crippen LogP contribution >= 0.6 is 0 Å². The van der Waals surface area contributed by atoms with Gasteiger partial charge in [0.2, 0.25) is 5.95 Å². The van der Waals surface area contributed by atoms with Crippen molar-refractivity contribution in [3.63, 3.8) is 0 Å². The summed E-state index contributed by atoms with van der Waals surface area (Å²) < 4.78 is 0. The van der Waals surface area contributed by atoms with E-state index in [4.69, 9.17) is 5.73 Å². The molecule has 5 N–H and O–H groups in total. The number of hydrogen-bond donors (Lipinski definition) is 4. The standard InChI is InChI=1S/C11H21N5O/c1-4-5-13-8-6-9(15-10(12)14-8)16-11(2,3)7-17/h6,17H,4-5,7H2,1-3H3,(H4,12,13,14,15,16). The third-order valence-corrected chi connectivity index (χ3v) is 2.16. The summed E-state index contributed by atoms with van der Waals surface area (Å²) in [7, 11) is 0. The number of aromatic nitrogens is 2. The molecule has 0 aromatic carbocycles. The molecule has 1 heterocycles. The molecule has 0 aliphatic rings. The Morgan fingerprint density at radius 2 is 2.00 bits per heavy atom. The molecule has 1 aromatic rings. The van der Waals surface area contributed by atoms with E-state index in [2.05, 4.69) is 27.5 Å². The molecule has 6 nitrogen and oxygen atoms in total. The van der Waals surface area contributed by atoms with Gasteiger partial charge in [-0.2, -0.15) is 9.97 Å². The van der Waals surface area contributed by atoms with Crippen LogP contribution in [0.4, 0.5) is 17.6 Å². The largest absolute Gasteiger partial charge is 0.394 e. The fourth-order valence-corrected chi connectivity index (χ4v) is 1.26. The third kappa shape index (κ3) is 4.44. The second kappa shape index (κ2) is 5.67. The van der Waals surface area contributed by atoms with Crippen LogP contribution in [0.3, 0.4) is 0 Å². The summed E-state index contributed by atoms with van der Waals surface area (Å²) in [5, 5.41) is 15.4. The van der Waals surface area contributed by atoms with Gasteiger partial charge in [-0.3, -0.25) is 0 Å². The van der Waals surface area contributed by atoms with E-state index in [0.717, 1.165) is 13.0 Å². The van der Waals surface area contributed by atoms with Crippen molar-refractivity contribution in [2.45, 2.75) is 32.7 Å². The minimum absolute atomic E-state index is 0.00856. The predicted molar refractivity (Wildman–Crippen MR) is 70.0 cm³/mol. The van der Waals surface area contributed by atoms with Gasteiger partial charge in [-0.05, 0) is 20.3 Å². The van der Waals surface area contributed by atoms with Gasteiger partial charge in [0.05, 0.1) is 12.1 Å². The van der Waals surface area contributed by atoms with Crippen LogP contribution in [0.5, 0.6) is 0 Å². The number of aliphatic hydroxyl groups excluding tert-OH is 1. The SMILES string of the molecule is CCCNc1cc(NC(C)(C)CO)nc(N)n1. The van der Waals surface area contributed by atoms with E-state index in [1.807, 2.05) is 13.8 Å². The van der Waals surface area contributed by atoms with E-state index in [-0.39, 0.29) is 12.6 Å². The molecule has 0 unspecified atom stereocenters. The second-order valence-corrected chi connectivity index (χ2v) is 4.59. The van der Waals surface area contributed by atoms with E-state index in [1.165, 1.54) is 0 Å². The van der Waals surface area contributed by atoms with Gasteiger partial charge in [-0.25, -0.2) is 0 Å². The Morgan fingerprint density at radius 3 is 2.59 bits per heavy atom. The highest BCUT2D eigenvalue weighted by molar-refractivity contribution is 5.52. The van der Waals surface area contributed by atoms with Gasteiger partial charge in [0.1, 0.15) is 11.6 Å². The molecule has 0 radical (unpaired) electrons. The number of nitrogens with one attached hydrogen (secondary N) is 2. The fraction of sp³-hybridized carbons (Fsp3) is 0.636. The van der Waals surface area contributed by atoms with E-state index in [1.54, 1.807) is 6.07 Å². The topological polar surface area (TPSA) is 96.1 Å². The van der Waals surface area contributed by atoms with Gasteiger partial charge >= 0.3 is 0 Å². The van der Waals surface area contributed by atoms with Crippen molar-refractivity contribution in [3.05, 3.63) is 6.07 Å². The summed E-state index contributed by atoms with van der Waals surface area (Å²) in [6.45, 7) is 6.67. The fourth-order valence-electron chi connectivity index (χ4n) is 1.26. The number of hydrogen-bond acceptors (Lipinski definition) is 6. The molecule has 0 fully saturated rings. The molecular formula is C11H21N5O. The first-order chi connectivity index (χ1) is 7.96. The van der Waals surface area contributed by atoms with E-state index < -0.39 is 5.54 Å². The molecule has 0 bridgehead atoms. The second-order valence-electron chi connectivity index (χ2n) is 4.59. The Kier molecular flexibility index (Phi) is 4.51. The minimum atomic E-state index is -0.442. The molecule has 17 heavy (non-hydrogen) atoms. The Hall–Kier alpha value is -1.56. The highest BCUT2D eigenvalue weighted by Crippen LogP contribution is 2.16. The molecule has 0 aliphatic carbocycles. The Balaban J connectivity index is 2.82. The van der Waals surface area contributed by atoms with Crippen molar-refractivity contribution in [2.75, 3.05) is 29.5 Å². The number of anilines is 3. The van der Waals surface area contributed by atoms with Crippen LogP contribution in [0, 0.1) is 0 Å². The van der Waals surface area contributed by atoms with E-state index >= 15 is 0 Å². The number of rotatable bonds is 6. The lowest BCUT2D eigenvalue weighted by Crippen LogP contribution is -2.35. The normalized spacial score (nSPS) is 11.3. The van der Waals surface area contributed by atoms with Gasteiger partial charge in [0, 0.05) is 12.6 Å². The van der Waals surface area contributed by atoms with Crippen LogP contribution in [0.1, 0.15) is 27.2 Å². The highest BCUT2D eigenvalue weighted by Gasteiger charge is 2.17. The van der Waals surface area contributed by atoms with Crippen LogP contribution in [-0.2, 0) is 0 Å². The highest BCUT2D eigenvalue weighted by atomic mass is 16.3. The quantitative estimate of drug-likeness (QED) is 0.593. The molecule has 96 valence electrons. The molecular weight excluding hydrogens is 218 g/mol. The number of aliphatic hydroxyl groups is 1. The lowest BCUT2D eigenvalue weighted by atomic mass is 10.1. The summed E-state index contributed by atoms with van der Waals surface area (Å²) in [5.74, 6) is 1.51. The number of nitrogens with zero attached hydrogens (tertiary/aromatic N) is 2. The van der Waals surface area contributed by atoms with Crippen LogP contribution < -0.4 is 16.4 Å². The van der Waals surface area contributed by atoms with Crippen LogP contribution in [0.15, 0.2) is 6.07 Å². The summed E-state index contributed by atoms with van der Waals surface area (Å²) in [6.07, 6.45) is 1.01. The monoisotopic (exact) mass is 239 g/mol. The van der Waals surface area contributed by atoms with Crippen molar-refractivity contribution in [2.24, 2.45) is 0 Å². The van der Waals surface area contributed by atoms with Crippen LogP contribution in [0.25, 0.3) is 0 Å². The van der Waals surface area contributed by atoms with Crippen molar-refractivity contribution in [1.29, 1.82) is 0 Å². The summed E-state index contributed by atoms with van der Waals surface area (Å²) in [6, 6.07) is 1.78. The van der Waals surface area contributed by atoms with E-state index in [9.17, 15) is 5.11 Å². The van der Waals surface area contributed by atoms with Crippen molar-refractivity contribution >= 4 is 17.6 Å². The number of nitrogen functional groups attached to an aromatic ring is 1. The number of nitrogens with two attached hydrogens (primary N) is 1. The smallest absolute Gasteiger partial charge is 0.223 e. The maximum atomic E-state index is 9.18. The minimum Gasteiger partial charge on any atom is -0.394 e. The third-order valence-electron chi connectivity index (χ3n) is 2.16.